The fourth-order valence-electron chi connectivity index (χ4n) is 8.68. The Morgan fingerprint density at radius 1 is 1.03 bits per heavy atom. The summed E-state index contributed by atoms with van der Waals surface area (Å²) in [5, 5.41) is 43.9. The molecule has 4 saturated carbocycles. The van der Waals surface area contributed by atoms with Gasteiger partial charge in [0.25, 0.3) is 0 Å². The van der Waals surface area contributed by atoms with Crippen molar-refractivity contribution in [1.29, 1.82) is 0 Å². The molecular formula is C24H43NaO7. The number of hydrogen-bond donors (Lipinski definition) is 3. The van der Waals surface area contributed by atoms with Crippen LogP contribution in [0.2, 0.25) is 0 Å². The quantitative estimate of drug-likeness (QED) is 0.388. The van der Waals surface area contributed by atoms with Crippen LogP contribution < -0.4 is 34.7 Å². The van der Waals surface area contributed by atoms with Crippen LogP contribution in [0.25, 0.3) is 0 Å². The number of carbonyl (C=O) groups excluding carboxylic acids is 1. The third-order valence-corrected chi connectivity index (χ3v) is 10.3. The first-order valence-corrected chi connectivity index (χ1v) is 11.8. The summed E-state index contributed by atoms with van der Waals surface area (Å²) < 4.78 is 0. The number of fused-ring (bicyclic) bond motifs is 5. The summed E-state index contributed by atoms with van der Waals surface area (Å²) in [5.74, 6) is 0.635. The van der Waals surface area contributed by atoms with Gasteiger partial charge < -0.3 is 36.2 Å². The van der Waals surface area contributed by atoms with Crippen LogP contribution in [0.1, 0.15) is 78.6 Å². The molecule has 182 valence electrons. The van der Waals surface area contributed by atoms with Gasteiger partial charge >= 0.3 is 29.6 Å². The Morgan fingerprint density at radius 2 is 1.69 bits per heavy atom. The number of hydrogen-bond acceptors (Lipinski definition) is 5. The maximum atomic E-state index is 11.5. The summed E-state index contributed by atoms with van der Waals surface area (Å²) in [6, 6.07) is 0. The minimum Gasteiger partial charge on any atom is -0.550 e. The van der Waals surface area contributed by atoms with Crippen molar-refractivity contribution in [2.24, 2.45) is 46.3 Å². The summed E-state index contributed by atoms with van der Waals surface area (Å²) >= 11 is 0. The van der Waals surface area contributed by atoms with Crippen molar-refractivity contribution in [3.63, 3.8) is 0 Å². The van der Waals surface area contributed by atoms with Crippen molar-refractivity contribution in [2.75, 3.05) is 0 Å². The van der Waals surface area contributed by atoms with E-state index in [-0.39, 0.29) is 93.6 Å². The van der Waals surface area contributed by atoms with Crippen LogP contribution in [0.15, 0.2) is 0 Å². The molecule has 4 rings (SSSR count). The second-order valence-electron chi connectivity index (χ2n) is 11.4. The Morgan fingerprint density at radius 3 is 2.31 bits per heavy atom. The summed E-state index contributed by atoms with van der Waals surface area (Å²) in [6.07, 6.45) is 5.72. The zero-order chi connectivity index (χ0) is 21.1. The van der Waals surface area contributed by atoms with Gasteiger partial charge in [-0.3, -0.25) is 0 Å². The van der Waals surface area contributed by atoms with Crippen LogP contribution in [0.5, 0.6) is 0 Å². The first-order chi connectivity index (χ1) is 13.6. The first-order valence-electron chi connectivity index (χ1n) is 11.8. The van der Waals surface area contributed by atoms with Gasteiger partial charge in [-0.1, -0.05) is 20.8 Å². The van der Waals surface area contributed by atoms with E-state index in [0.717, 1.165) is 44.9 Å². The molecule has 0 radical (unpaired) electrons. The Balaban J connectivity index is 0.00000171. The molecule has 4 aliphatic rings. The molecule has 0 unspecified atom stereocenters. The average molecular weight is 467 g/mol. The molecule has 0 spiro atoms. The molecule has 0 saturated heterocycles. The van der Waals surface area contributed by atoms with Crippen LogP contribution in [0, 0.1) is 46.3 Å². The molecule has 4 fully saturated rings. The van der Waals surface area contributed by atoms with Crippen molar-refractivity contribution in [2.45, 2.75) is 96.9 Å². The number of aliphatic hydroxyl groups is 3. The third-order valence-electron chi connectivity index (χ3n) is 10.3. The van der Waals surface area contributed by atoms with E-state index in [1.165, 1.54) is 0 Å². The van der Waals surface area contributed by atoms with Gasteiger partial charge in [0.1, 0.15) is 0 Å². The van der Waals surface area contributed by atoms with Gasteiger partial charge in [0, 0.05) is 5.97 Å². The van der Waals surface area contributed by atoms with Crippen molar-refractivity contribution in [3.8, 4) is 0 Å². The van der Waals surface area contributed by atoms with E-state index < -0.39 is 12.1 Å². The molecule has 32 heavy (non-hydrogen) atoms. The molecule has 0 aromatic carbocycles. The fraction of sp³-hybridized carbons (Fsp3) is 0.958. The third kappa shape index (κ3) is 4.70. The summed E-state index contributed by atoms with van der Waals surface area (Å²) in [4.78, 5) is 11.0. The zero-order valence-electron chi connectivity index (χ0n) is 20.2. The standard InChI is InChI=1S/C24H40O5.Na.2H2O/c1-13(4-7-21(28)29)16-5-6-17-22-18(12-20(27)24(16,17)3)23(2)9-8-15(25)10-14(23)11-19(22)26;;;/h13-20,22,25-27H,4-12H2,1-3H3,(H,28,29);;2*1H2/q;+1;;/p-1/t13-,14+,15-,16-,17+,18+,19-,20+,22+,23+,24-;;;/m1.../s1. The Bertz CT molecular complexity index is 648. The molecule has 0 aromatic heterocycles. The van der Waals surface area contributed by atoms with Gasteiger partial charge in [-0.25, -0.2) is 0 Å². The normalized spacial score (nSPS) is 47.9. The fourth-order valence-corrected chi connectivity index (χ4v) is 8.68. The SMILES string of the molecule is C[C@H](CCC(=O)[O-])[C@H]1CC[C@H]2[C@@H]3[C@H](O)C[C@@H]4C[C@H](O)CC[C@]4(C)[C@H]3C[C@H](O)[C@]12C.O.O.[Na+]. The topological polar surface area (TPSA) is 164 Å². The van der Waals surface area contributed by atoms with E-state index in [1.54, 1.807) is 0 Å². The van der Waals surface area contributed by atoms with E-state index in [4.69, 9.17) is 0 Å². The molecule has 7 nitrogen and oxygen atoms in total. The van der Waals surface area contributed by atoms with Crippen molar-refractivity contribution >= 4 is 5.97 Å². The van der Waals surface area contributed by atoms with Gasteiger partial charge in [0.2, 0.25) is 0 Å². The molecule has 8 heteroatoms. The molecule has 4 aliphatic carbocycles. The Labute approximate surface area is 214 Å². The monoisotopic (exact) mass is 466 g/mol. The minimum atomic E-state index is -0.998. The second kappa shape index (κ2) is 10.9. The maximum Gasteiger partial charge on any atom is 1.00 e. The first kappa shape index (κ1) is 30.3. The maximum absolute atomic E-state index is 11.5. The van der Waals surface area contributed by atoms with Crippen molar-refractivity contribution in [3.05, 3.63) is 0 Å². The van der Waals surface area contributed by atoms with Gasteiger partial charge in [-0.2, -0.15) is 0 Å². The molecule has 0 aliphatic heterocycles. The number of carboxylic acid groups (broad SMARTS) is 1. The molecule has 11 atom stereocenters. The Hall–Kier alpha value is 0.270. The summed E-state index contributed by atoms with van der Waals surface area (Å²) in [5.41, 5.74) is -0.172. The average Bonchev–Trinajstić information content (AvgIpc) is 3.01. The van der Waals surface area contributed by atoms with Gasteiger partial charge in [0.05, 0.1) is 18.3 Å². The molecule has 0 bridgehead atoms. The smallest absolute Gasteiger partial charge is 0.550 e. The molecular weight excluding hydrogens is 423 g/mol. The number of carbonyl (C=O) groups is 1. The van der Waals surface area contributed by atoms with E-state index >= 15 is 0 Å². The predicted octanol–water partition coefficient (Wildman–Crippen LogP) is -2.53. The van der Waals surface area contributed by atoms with Crippen LogP contribution in [-0.2, 0) is 4.79 Å². The minimum absolute atomic E-state index is 0. The number of carboxylic acids is 1. The second-order valence-corrected chi connectivity index (χ2v) is 11.4. The van der Waals surface area contributed by atoms with Gasteiger partial charge in [0.15, 0.2) is 0 Å². The number of aliphatic hydroxyl groups excluding tert-OH is 3. The van der Waals surface area contributed by atoms with Crippen LogP contribution >= 0.6 is 0 Å². The molecule has 0 amide bonds. The van der Waals surface area contributed by atoms with Crippen LogP contribution in [0.4, 0.5) is 0 Å². The zero-order valence-corrected chi connectivity index (χ0v) is 22.2. The summed E-state index contributed by atoms with van der Waals surface area (Å²) in [7, 11) is 0. The van der Waals surface area contributed by atoms with E-state index in [0.29, 0.717) is 18.3 Å². The summed E-state index contributed by atoms with van der Waals surface area (Å²) in [6.45, 7) is 6.67. The Kier molecular flexibility index (Phi) is 10.3. The van der Waals surface area contributed by atoms with E-state index in [1.807, 2.05) is 0 Å². The predicted molar refractivity (Wildman–Crippen MR) is 115 cm³/mol. The largest absolute Gasteiger partial charge is 1.00 e. The van der Waals surface area contributed by atoms with E-state index in [9.17, 15) is 25.2 Å². The number of rotatable bonds is 4. The van der Waals surface area contributed by atoms with Crippen LogP contribution in [-0.4, -0.2) is 50.6 Å². The van der Waals surface area contributed by atoms with Crippen LogP contribution in [0.3, 0.4) is 0 Å². The molecule has 0 heterocycles. The van der Waals surface area contributed by atoms with Gasteiger partial charge in [-0.05, 0) is 104 Å². The van der Waals surface area contributed by atoms with Gasteiger partial charge in [-0.15, -0.1) is 0 Å². The molecule has 7 N–H and O–H groups in total. The molecule has 0 aromatic rings. The van der Waals surface area contributed by atoms with E-state index in [2.05, 4.69) is 20.8 Å². The van der Waals surface area contributed by atoms with Crippen molar-refractivity contribution in [1.82, 2.24) is 0 Å². The number of aliphatic carboxylic acids is 1. The van der Waals surface area contributed by atoms with Crippen molar-refractivity contribution < 1.29 is 65.7 Å².